The van der Waals surface area contributed by atoms with Gasteiger partial charge in [0.05, 0.1) is 49.9 Å². The first kappa shape index (κ1) is 36.6. The summed E-state index contributed by atoms with van der Waals surface area (Å²) in [6.07, 6.45) is 4.89. The summed E-state index contributed by atoms with van der Waals surface area (Å²) >= 11 is 9.19. The van der Waals surface area contributed by atoms with Crippen LogP contribution in [0.3, 0.4) is 0 Å². The summed E-state index contributed by atoms with van der Waals surface area (Å²) in [7, 11) is 4.86. The van der Waals surface area contributed by atoms with Gasteiger partial charge in [0.2, 0.25) is 0 Å². The van der Waals surface area contributed by atoms with Crippen LogP contribution in [0.2, 0.25) is 5.02 Å². The molecule has 278 valence electrons. The summed E-state index contributed by atoms with van der Waals surface area (Å²) in [6, 6.07) is 30.2. The topological polar surface area (TPSA) is 95.2 Å². The minimum atomic E-state index is -0.309. The molecule has 3 heterocycles. The lowest BCUT2D eigenvalue weighted by Crippen LogP contribution is -2.33. The van der Waals surface area contributed by atoms with E-state index in [1.54, 1.807) is 43.0 Å². The molecule has 1 aliphatic heterocycles. The highest BCUT2D eigenvalue weighted by atomic mass is 35.5. The van der Waals surface area contributed by atoms with Gasteiger partial charge in [-0.3, -0.25) is 14.2 Å². The van der Waals surface area contributed by atoms with Crippen molar-refractivity contribution >= 4 is 62.6 Å². The molecular weight excluding hydrogens is 752 g/mol. The van der Waals surface area contributed by atoms with E-state index in [0.717, 1.165) is 58.7 Å². The normalized spacial score (nSPS) is 17.3. The third kappa shape index (κ3) is 7.03. The molecule has 6 aromatic rings. The van der Waals surface area contributed by atoms with E-state index >= 15 is 0 Å². The number of halogens is 1. The summed E-state index contributed by atoms with van der Waals surface area (Å²) in [6.45, 7) is 0. The van der Waals surface area contributed by atoms with Gasteiger partial charge < -0.3 is 14.2 Å². The predicted molar refractivity (Wildman–Crippen MR) is 221 cm³/mol. The smallest absolute Gasteiger partial charge is 0.268 e. The van der Waals surface area contributed by atoms with Gasteiger partial charge in [0.25, 0.3) is 11.5 Å². The Kier molecular flexibility index (Phi) is 10.5. The van der Waals surface area contributed by atoms with E-state index in [4.69, 9.17) is 35.9 Å². The van der Waals surface area contributed by atoms with Gasteiger partial charge in [-0.1, -0.05) is 78.0 Å². The second-order valence-electron chi connectivity index (χ2n) is 13.2. The highest BCUT2D eigenvalue weighted by Gasteiger charge is 2.43. The van der Waals surface area contributed by atoms with Crippen molar-refractivity contribution in [3.05, 3.63) is 135 Å². The number of para-hydroxylation sites is 2. The van der Waals surface area contributed by atoms with Crippen molar-refractivity contribution in [2.45, 2.75) is 30.5 Å². The number of aromatic nitrogens is 2. The molecule has 0 saturated heterocycles. The average Bonchev–Trinajstić information content (AvgIpc) is 3.83. The van der Waals surface area contributed by atoms with Crippen LogP contribution in [0.15, 0.2) is 123 Å². The van der Waals surface area contributed by atoms with Crippen LogP contribution in [0.25, 0.3) is 33.1 Å². The van der Waals surface area contributed by atoms with Crippen LogP contribution in [0.4, 0.5) is 0 Å². The second-order valence-corrected chi connectivity index (χ2v) is 15.4. The summed E-state index contributed by atoms with van der Waals surface area (Å²) in [5.41, 5.74) is 5.76. The van der Waals surface area contributed by atoms with Gasteiger partial charge in [0.15, 0.2) is 5.16 Å². The van der Waals surface area contributed by atoms with Crippen LogP contribution >= 0.6 is 34.7 Å². The minimum Gasteiger partial charge on any atom is -0.497 e. The molecule has 8 rings (SSSR count). The van der Waals surface area contributed by atoms with Crippen LogP contribution in [0.1, 0.15) is 36.4 Å². The summed E-state index contributed by atoms with van der Waals surface area (Å²) in [5.74, 6) is 1.84. The van der Waals surface area contributed by atoms with Gasteiger partial charge in [-0.05, 0) is 84.5 Å². The number of hydrogen-bond donors (Lipinski definition) is 0. The number of hydrazone groups is 1. The lowest BCUT2D eigenvalue weighted by molar-refractivity contribution is -0.130. The van der Waals surface area contributed by atoms with Crippen molar-refractivity contribution in [3.63, 3.8) is 0 Å². The Bertz CT molecular complexity index is 2510. The maximum atomic E-state index is 14.6. The molecule has 4 aromatic carbocycles. The first-order valence-electron chi connectivity index (χ1n) is 17.8. The predicted octanol–water partition coefficient (Wildman–Crippen LogP) is 9.71. The molecule has 55 heavy (non-hydrogen) atoms. The number of benzene rings is 4. The quantitative estimate of drug-likeness (QED) is 0.101. The number of fused-ring (bicyclic) bond motifs is 2. The molecule has 0 spiro atoms. The third-order valence-corrected chi connectivity index (χ3v) is 12.2. The van der Waals surface area contributed by atoms with Crippen molar-refractivity contribution in [2.24, 2.45) is 11.0 Å². The van der Waals surface area contributed by atoms with Gasteiger partial charge in [0.1, 0.15) is 22.1 Å². The number of thioether (sulfide) groups is 1. The number of carbonyl (C=O) groups excluding carboxylic acids is 1. The third-order valence-electron chi connectivity index (χ3n) is 10.1. The van der Waals surface area contributed by atoms with Gasteiger partial charge in [-0.2, -0.15) is 5.10 Å². The molecule has 2 aliphatic rings. The van der Waals surface area contributed by atoms with Crippen LogP contribution in [0, 0.1) is 5.92 Å². The van der Waals surface area contributed by atoms with Crippen LogP contribution in [-0.2, 0) is 4.79 Å². The van der Waals surface area contributed by atoms with Gasteiger partial charge >= 0.3 is 0 Å². The van der Waals surface area contributed by atoms with E-state index in [0.29, 0.717) is 37.4 Å². The number of nitrogens with zero attached hydrogens (tertiary/aromatic N) is 4. The van der Waals surface area contributed by atoms with E-state index in [-0.39, 0.29) is 29.2 Å². The Morgan fingerprint density at radius 3 is 2.35 bits per heavy atom. The average molecular weight is 789 g/mol. The van der Waals surface area contributed by atoms with E-state index in [9.17, 15) is 9.59 Å². The van der Waals surface area contributed by atoms with Crippen LogP contribution in [-0.4, -0.2) is 53.3 Å². The standard InChI is InChI=1S/C43H37ClN4O5S2/c1-51-29-19-15-26(16-20-29)23-28-9-8-11-32-39(28)46-48(40(32)27-17-21-30(52-2)22-18-27)37(49)25-55-43-45-41-38(33(24-54-41)31-10-4-5-12-34(31)44)42(50)47(43)35-13-6-7-14-36(35)53-3/h4-7,10,12-24,32,40H,8-9,11,25H2,1-3H3/b28-23-. The number of thiophene rings is 1. The van der Waals surface area contributed by atoms with Crippen LogP contribution < -0.4 is 19.8 Å². The number of allylic oxidation sites excluding steroid dienone is 1. The van der Waals surface area contributed by atoms with Crippen molar-refractivity contribution in [1.82, 2.24) is 14.6 Å². The van der Waals surface area contributed by atoms with Crippen molar-refractivity contribution in [2.75, 3.05) is 27.1 Å². The molecule has 0 radical (unpaired) electrons. The van der Waals surface area contributed by atoms with Crippen molar-refractivity contribution in [1.29, 1.82) is 0 Å². The zero-order valence-corrected chi connectivity index (χ0v) is 32.8. The molecule has 0 bridgehead atoms. The van der Waals surface area contributed by atoms with E-state index in [2.05, 4.69) is 6.08 Å². The number of rotatable bonds is 10. The largest absolute Gasteiger partial charge is 0.497 e. The monoisotopic (exact) mass is 788 g/mol. The Balaban J connectivity index is 1.18. The Labute approximate surface area is 331 Å². The fourth-order valence-electron chi connectivity index (χ4n) is 7.41. The second kappa shape index (κ2) is 15.8. The molecule has 1 aliphatic carbocycles. The molecular formula is C43H37ClN4O5S2. The molecule has 9 nitrogen and oxygen atoms in total. The maximum Gasteiger partial charge on any atom is 0.268 e. The van der Waals surface area contributed by atoms with E-state index in [1.165, 1.54) is 23.1 Å². The van der Waals surface area contributed by atoms with Gasteiger partial charge in [0, 0.05) is 27.4 Å². The summed E-state index contributed by atoms with van der Waals surface area (Å²) in [4.78, 5) is 34.7. The Morgan fingerprint density at radius 1 is 0.909 bits per heavy atom. The zero-order chi connectivity index (χ0) is 38.1. The lowest BCUT2D eigenvalue weighted by atomic mass is 9.77. The number of hydrogen-bond acceptors (Lipinski definition) is 9. The summed E-state index contributed by atoms with van der Waals surface area (Å²) < 4.78 is 18.1. The Hall–Kier alpha value is -5.36. The number of methoxy groups -OCH3 is 3. The highest BCUT2D eigenvalue weighted by molar-refractivity contribution is 7.99. The molecule has 2 atom stereocenters. The van der Waals surface area contributed by atoms with E-state index in [1.807, 2.05) is 90.3 Å². The first-order valence-corrected chi connectivity index (χ1v) is 20.1. The zero-order valence-electron chi connectivity index (χ0n) is 30.4. The van der Waals surface area contributed by atoms with E-state index < -0.39 is 0 Å². The van der Waals surface area contributed by atoms with Crippen LogP contribution in [0.5, 0.6) is 17.2 Å². The number of carbonyl (C=O) groups is 1. The fraction of sp³-hybridized carbons (Fsp3) is 0.209. The molecule has 0 N–H and O–H groups in total. The van der Waals surface area contributed by atoms with Gasteiger partial charge in [-0.15, -0.1) is 11.3 Å². The summed E-state index contributed by atoms with van der Waals surface area (Å²) in [5, 5.41) is 10.0. The molecule has 2 unspecified atom stereocenters. The minimum absolute atomic E-state index is 0.0104. The van der Waals surface area contributed by atoms with Gasteiger partial charge in [-0.25, -0.2) is 9.99 Å². The molecule has 1 fully saturated rings. The highest BCUT2D eigenvalue weighted by Crippen LogP contribution is 2.45. The molecule has 2 aromatic heterocycles. The number of amides is 1. The lowest BCUT2D eigenvalue weighted by Gasteiger charge is -2.29. The number of ether oxygens (including phenoxy) is 3. The fourth-order valence-corrected chi connectivity index (χ4v) is 9.48. The van der Waals surface area contributed by atoms with Crippen molar-refractivity contribution < 1.29 is 19.0 Å². The molecule has 1 saturated carbocycles. The Morgan fingerprint density at radius 2 is 1.62 bits per heavy atom. The molecule has 1 amide bonds. The van der Waals surface area contributed by atoms with Crippen molar-refractivity contribution in [3.8, 4) is 34.1 Å². The molecule has 12 heteroatoms. The maximum absolute atomic E-state index is 14.6. The first-order chi connectivity index (χ1) is 26.9. The SMILES string of the molecule is COc1ccc(/C=C2/CCCC3C2=NN(C(=O)CSc2nc4scc(-c5ccccc5Cl)c4c(=O)n2-c2ccccc2OC)C3c2ccc(OC)cc2)cc1.